The van der Waals surface area contributed by atoms with Gasteiger partial charge >= 0.3 is 5.97 Å². The Morgan fingerprint density at radius 1 is 1.53 bits per heavy atom. The highest BCUT2D eigenvalue weighted by Gasteiger charge is 2.42. The van der Waals surface area contributed by atoms with Crippen LogP contribution in [0.2, 0.25) is 0 Å². The van der Waals surface area contributed by atoms with Gasteiger partial charge in [-0.05, 0) is 25.2 Å². The maximum atomic E-state index is 11.4. The molecule has 1 rings (SSSR count). The Morgan fingerprint density at radius 3 is 2.71 bits per heavy atom. The summed E-state index contributed by atoms with van der Waals surface area (Å²) >= 11 is 0. The van der Waals surface area contributed by atoms with Gasteiger partial charge in [-0.15, -0.1) is 0 Å². The van der Waals surface area contributed by atoms with Crippen molar-refractivity contribution in [1.29, 1.82) is 0 Å². The van der Waals surface area contributed by atoms with Crippen molar-refractivity contribution in [2.24, 2.45) is 11.3 Å². The fourth-order valence-electron chi connectivity index (χ4n) is 2.64. The van der Waals surface area contributed by atoms with Gasteiger partial charge in [0.1, 0.15) is 0 Å². The number of nitrogens with zero attached hydrogens (tertiary/aromatic N) is 1. The molecule has 1 fully saturated rings. The normalized spacial score (nSPS) is 27.5. The lowest BCUT2D eigenvalue weighted by Gasteiger charge is -2.36. The van der Waals surface area contributed by atoms with Crippen LogP contribution in [0.4, 0.5) is 0 Å². The molecular weight excluding hydrogens is 222 g/mol. The molecule has 0 N–H and O–H groups in total. The standard InChI is InChI=1S/C12H21NO4/c1-4-17-11(14)7-9-8-12(2,3)6-5-10(9)13(15)16/h9-10H,4-8H2,1-3H3/t9-,10-/m0/s1. The number of carbonyl (C=O) groups excluding carboxylic acids is 1. The highest BCUT2D eigenvalue weighted by atomic mass is 16.6. The highest BCUT2D eigenvalue weighted by Crippen LogP contribution is 2.41. The van der Waals surface area contributed by atoms with Crippen molar-refractivity contribution in [3.05, 3.63) is 10.1 Å². The van der Waals surface area contributed by atoms with Gasteiger partial charge in [0.15, 0.2) is 0 Å². The number of rotatable bonds is 4. The van der Waals surface area contributed by atoms with E-state index in [4.69, 9.17) is 4.74 Å². The predicted molar refractivity (Wildman–Crippen MR) is 63.2 cm³/mol. The van der Waals surface area contributed by atoms with Gasteiger partial charge in [-0.3, -0.25) is 14.9 Å². The van der Waals surface area contributed by atoms with Gasteiger partial charge < -0.3 is 4.74 Å². The van der Waals surface area contributed by atoms with Crippen LogP contribution in [0, 0.1) is 21.4 Å². The van der Waals surface area contributed by atoms with Crippen molar-refractivity contribution < 1.29 is 14.5 Å². The Bertz CT molecular complexity index is 301. The van der Waals surface area contributed by atoms with E-state index in [0.717, 1.165) is 12.8 Å². The summed E-state index contributed by atoms with van der Waals surface area (Å²) in [5.74, 6) is -0.505. The molecule has 0 bridgehead atoms. The Kier molecular flexibility index (Phi) is 4.48. The second-order valence-electron chi connectivity index (χ2n) is 5.53. The molecule has 17 heavy (non-hydrogen) atoms. The van der Waals surface area contributed by atoms with Crippen LogP contribution in [-0.2, 0) is 9.53 Å². The summed E-state index contributed by atoms with van der Waals surface area (Å²) < 4.78 is 4.88. The first kappa shape index (κ1) is 13.9. The van der Waals surface area contributed by atoms with E-state index >= 15 is 0 Å². The molecule has 5 heteroatoms. The van der Waals surface area contributed by atoms with Crippen molar-refractivity contribution >= 4 is 5.97 Å². The minimum atomic E-state index is -0.590. The van der Waals surface area contributed by atoms with Gasteiger partial charge in [-0.1, -0.05) is 13.8 Å². The lowest BCUT2D eigenvalue weighted by Crippen LogP contribution is -2.39. The molecule has 0 unspecified atom stereocenters. The third kappa shape index (κ3) is 3.98. The molecule has 98 valence electrons. The monoisotopic (exact) mass is 243 g/mol. The van der Waals surface area contributed by atoms with E-state index in [2.05, 4.69) is 13.8 Å². The molecule has 2 atom stereocenters. The Hall–Kier alpha value is -1.13. The molecule has 0 aromatic rings. The zero-order valence-electron chi connectivity index (χ0n) is 10.8. The summed E-state index contributed by atoms with van der Waals surface area (Å²) in [5.41, 5.74) is 0.0870. The van der Waals surface area contributed by atoms with Crippen molar-refractivity contribution in [3.63, 3.8) is 0 Å². The first-order chi connectivity index (χ1) is 7.85. The second-order valence-corrected chi connectivity index (χ2v) is 5.53. The molecule has 5 nitrogen and oxygen atoms in total. The molecule has 0 amide bonds. The number of hydrogen-bond donors (Lipinski definition) is 0. The first-order valence-corrected chi connectivity index (χ1v) is 6.15. The molecule has 1 aliphatic carbocycles. The molecule has 0 aromatic carbocycles. The van der Waals surface area contributed by atoms with Crippen LogP contribution in [0.3, 0.4) is 0 Å². The number of ether oxygens (including phenoxy) is 1. The van der Waals surface area contributed by atoms with Gasteiger partial charge in [-0.2, -0.15) is 0 Å². The number of carbonyl (C=O) groups is 1. The summed E-state index contributed by atoms with van der Waals surface area (Å²) in [4.78, 5) is 22.2. The third-order valence-corrected chi connectivity index (χ3v) is 3.48. The van der Waals surface area contributed by atoms with Gasteiger partial charge in [0.2, 0.25) is 6.04 Å². The van der Waals surface area contributed by atoms with Crippen molar-refractivity contribution in [1.82, 2.24) is 0 Å². The smallest absolute Gasteiger partial charge is 0.306 e. The molecule has 0 aromatic heterocycles. The minimum absolute atomic E-state index is 0.0870. The van der Waals surface area contributed by atoms with Crippen LogP contribution in [0.25, 0.3) is 0 Å². The van der Waals surface area contributed by atoms with Crippen LogP contribution in [0.5, 0.6) is 0 Å². The van der Waals surface area contributed by atoms with Crippen molar-refractivity contribution in [2.45, 2.75) is 52.5 Å². The van der Waals surface area contributed by atoms with E-state index in [1.165, 1.54) is 0 Å². The van der Waals surface area contributed by atoms with Crippen LogP contribution < -0.4 is 0 Å². The number of hydrogen-bond acceptors (Lipinski definition) is 4. The molecule has 0 radical (unpaired) electrons. The van der Waals surface area contributed by atoms with Crippen LogP contribution in [-0.4, -0.2) is 23.5 Å². The molecule has 1 saturated carbocycles. The fraction of sp³-hybridized carbons (Fsp3) is 0.917. The summed E-state index contributed by atoms with van der Waals surface area (Å²) in [5, 5.41) is 11.0. The van der Waals surface area contributed by atoms with E-state index in [-0.39, 0.29) is 28.6 Å². The number of esters is 1. The molecule has 0 saturated heterocycles. The minimum Gasteiger partial charge on any atom is -0.466 e. The summed E-state index contributed by atoms with van der Waals surface area (Å²) in [6.45, 7) is 6.27. The van der Waals surface area contributed by atoms with Gasteiger partial charge in [-0.25, -0.2) is 0 Å². The van der Waals surface area contributed by atoms with Crippen LogP contribution in [0.1, 0.15) is 46.5 Å². The van der Waals surface area contributed by atoms with E-state index in [0.29, 0.717) is 13.0 Å². The fourth-order valence-corrected chi connectivity index (χ4v) is 2.64. The predicted octanol–water partition coefficient (Wildman–Crippen LogP) is 2.41. The topological polar surface area (TPSA) is 69.4 Å². The summed E-state index contributed by atoms with van der Waals surface area (Å²) in [6, 6.07) is -0.590. The van der Waals surface area contributed by atoms with Crippen molar-refractivity contribution in [3.8, 4) is 0 Å². The Labute approximate surface area is 102 Å². The maximum absolute atomic E-state index is 11.4. The third-order valence-electron chi connectivity index (χ3n) is 3.48. The van der Waals surface area contributed by atoms with Crippen LogP contribution >= 0.6 is 0 Å². The zero-order chi connectivity index (χ0) is 13.1. The highest BCUT2D eigenvalue weighted by molar-refractivity contribution is 5.69. The lowest BCUT2D eigenvalue weighted by molar-refractivity contribution is -0.537. The van der Waals surface area contributed by atoms with Gasteiger partial charge in [0.05, 0.1) is 13.0 Å². The molecule has 1 aliphatic rings. The largest absolute Gasteiger partial charge is 0.466 e. The first-order valence-electron chi connectivity index (χ1n) is 6.15. The zero-order valence-corrected chi connectivity index (χ0v) is 10.8. The van der Waals surface area contributed by atoms with Crippen LogP contribution in [0.15, 0.2) is 0 Å². The molecule has 0 aliphatic heterocycles. The van der Waals surface area contributed by atoms with E-state index in [9.17, 15) is 14.9 Å². The second kappa shape index (κ2) is 5.47. The maximum Gasteiger partial charge on any atom is 0.306 e. The molecule has 0 heterocycles. The summed E-state index contributed by atoms with van der Waals surface area (Å²) in [7, 11) is 0. The lowest BCUT2D eigenvalue weighted by atomic mass is 9.69. The van der Waals surface area contributed by atoms with E-state index in [1.54, 1.807) is 6.92 Å². The number of nitro groups is 1. The molecular formula is C12H21NO4. The Balaban J connectivity index is 2.67. The summed E-state index contributed by atoms with van der Waals surface area (Å²) in [6.07, 6.45) is 2.29. The SMILES string of the molecule is CCOC(=O)C[C@H]1CC(C)(C)CC[C@@H]1[N+](=O)[O-]. The quantitative estimate of drug-likeness (QED) is 0.432. The molecule has 0 spiro atoms. The average Bonchev–Trinajstić information content (AvgIpc) is 2.15. The Morgan fingerprint density at radius 2 is 2.18 bits per heavy atom. The van der Waals surface area contributed by atoms with E-state index < -0.39 is 6.04 Å². The van der Waals surface area contributed by atoms with Gasteiger partial charge in [0, 0.05) is 17.3 Å². The van der Waals surface area contributed by atoms with Crippen molar-refractivity contribution in [2.75, 3.05) is 6.61 Å². The van der Waals surface area contributed by atoms with Gasteiger partial charge in [0.25, 0.3) is 0 Å². The van der Waals surface area contributed by atoms with E-state index in [1.807, 2.05) is 0 Å². The average molecular weight is 243 g/mol.